The number of aromatic amines is 1. The van der Waals surface area contributed by atoms with Crippen molar-refractivity contribution in [2.45, 2.75) is 6.42 Å². The van der Waals surface area contributed by atoms with Gasteiger partial charge in [-0.05, 0) is 49.4 Å². The summed E-state index contributed by atoms with van der Waals surface area (Å²) in [4.78, 5) is 32.5. The maximum atomic E-state index is 14.7. The van der Waals surface area contributed by atoms with Gasteiger partial charge in [-0.25, -0.2) is 19.3 Å². The van der Waals surface area contributed by atoms with E-state index in [-0.39, 0.29) is 17.0 Å². The Kier molecular flexibility index (Phi) is 6.87. The molecule has 1 aliphatic rings. The van der Waals surface area contributed by atoms with Crippen molar-refractivity contribution in [3.8, 4) is 11.4 Å². The first-order valence-electron chi connectivity index (χ1n) is 11.5. The summed E-state index contributed by atoms with van der Waals surface area (Å²) in [5.41, 5.74) is 2.78. The Balaban J connectivity index is 1.08. The number of carbonyl (C=O) groups excluding carboxylic acids is 1. The van der Waals surface area contributed by atoms with Crippen molar-refractivity contribution < 1.29 is 9.18 Å². The van der Waals surface area contributed by atoms with Crippen LogP contribution in [0.25, 0.3) is 22.6 Å². The van der Waals surface area contributed by atoms with E-state index in [1.807, 2.05) is 18.2 Å². The van der Waals surface area contributed by atoms with E-state index in [1.165, 1.54) is 12.4 Å². The number of fused-ring (bicyclic) bond motifs is 1. The Labute approximate surface area is 207 Å². The van der Waals surface area contributed by atoms with Crippen LogP contribution in [0.2, 0.25) is 5.02 Å². The maximum Gasteiger partial charge on any atom is 0.251 e. The highest BCUT2D eigenvalue weighted by Crippen LogP contribution is 2.23. The van der Waals surface area contributed by atoms with Gasteiger partial charge in [-0.1, -0.05) is 17.7 Å². The monoisotopic (exact) mass is 493 g/mol. The summed E-state index contributed by atoms with van der Waals surface area (Å²) in [5, 5.41) is 3.64. The number of hydrogen-bond donors (Lipinski definition) is 2. The number of benzene rings is 2. The van der Waals surface area contributed by atoms with Gasteiger partial charge >= 0.3 is 0 Å². The molecule has 0 aliphatic carbocycles. The van der Waals surface area contributed by atoms with Crippen molar-refractivity contribution in [3.63, 3.8) is 0 Å². The molecule has 1 saturated heterocycles. The molecule has 0 bridgehead atoms. The molecule has 0 unspecified atom stereocenters. The number of halogens is 2. The van der Waals surface area contributed by atoms with Crippen LogP contribution < -0.4 is 10.2 Å². The lowest BCUT2D eigenvalue weighted by molar-refractivity contribution is 0.0951. The number of imidazole rings is 1. The molecule has 1 fully saturated rings. The summed E-state index contributed by atoms with van der Waals surface area (Å²) < 4.78 is 14.7. The van der Waals surface area contributed by atoms with E-state index in [9.17, 15) is 9.18 Å². The fraction of sp³-hybridized carbons (Fsp3) is 0.280. The first kappa shape index (κ1) is 23.2. The van der Waals surface area contributed by atoms with Crippen LogP contribution in [0.5, 0.6) is 0 Å². The minimum absolute atomic E-state index is 0.275. The smallest absolute Gasteiger partial charge is 0.251 e. The minimum atomic E-state index is -0.526. The van der Waals surface area contributed by atoms with Crippen molar-refractivity contribution in [2.24, 2.45) is 0 Å². The van der Waals surface area contributed by atoms with E-state index in [1.54, 1.807) is 18.3 Å². The summed E-state index contributed by atoms with van der Waals surface area (Å²) in [6.45, 7) is 5.22. The molecule has 3 heterocycles. The maximum absolute atomic E-state index is 14.7. The lowest BCUT2D eigenvalue weighted by Gasteiger charge is -2.36. The van der Waals surface area contributed by atoms with Gasteiger partial charge in [0, 0.05) is 49.0 Å². The minimum Gasteiger partial charge on any atom is -0.369 e. The molecular weight excluding hydrogens is 469 g/mol. The summed E-state index contributed by atoms with van der Waals surface area (Å²) in [6, 6.07) is 12.3. The van der Waals surface area contributed by atoms with Crippen LogP contribution in [0.3, 0.4) is 0 Å². The molecule has 2 aromatic carbocycles. The highest BCUT2D eigenvalue weighted by atomic mass is 35.5. The van der Waals surface area contributed by atoms with Gasteiger partial charge in [-0.3, -0.25) is 9.69 Å². The van der Waals surface area contributed by atoms with Gasteiger partial charge < -0.3 is 15.2 Å². The zero-order valence-electron chi connectivity index (χ0n) is 19.0. The van der Waals surface area contributed by atoms with Gasteiger partial charge in [0.25, 0.3) is 5.91 Å². The van der Waals surface area contributed by atoms with E-state index < -0.39 is 5.82 Å². The summed E-state index contributed by atoms with van der Waals surface area (Å²) in [7, 11) is 0. The van der Waals surface area contributed by atoms with E-state index in [0.29, 0.717) is 23.5 Å². The molecule has 5 rings (SSSR count). The SMILES string of the molecule is O=C(NCCCN1CCN(c2cccc(Cl)c2)CC1)c1ccc(-c2nc3ncncc3[nH]2)c(F)c1. The number of H-pyrrole nitrogens is 1. The number of carbonyl (C=O) groups is 1. The van der Waals surface area contributed by atoms with E-state index in [2.05, 4.69) is 41.1 Å². The average Bonchev–Trinajstić information content (AvgIpc) is 3.31. The van der Waals surface area contributed by atoms with Gasteiger partial charge in [0.05, 0.1) is 11.8 Å². The molecule has 1 amide bonds. The van der Waals surface area contributed by atoms with Crippen LogP contribution >= 0.6 is 11.6 Å². The molecule has 2 aromatic heterocycles. The van der Waals surface area contributed by atoms with E-state index in [4.69, 9.17) is 11.6 Å². The Morgan fingerprint density at radius 3 is 2.77 bits per heavy atom. The molecule has 0 atom stereocenters. The third-order valence-corrected chi connectivity index (χ3v) is 6.37. The predicted molar refractivity (Wildman–Crippen MR) is 134 cm³/mol. The number of aromatic nitrogens is 4. The molecule has 180 valence electrons. The summed E-state index contributed by atoms with van der Waals surface area (Å²) >= 11 is 6.11. The fourth-order valence-electron chi connectivity index (χ4n) is 4.25. The zero-order valence-corrected chi connectivity index (χ0v) is 19.8. The van der Waals surface area contributed by atoms with Gasteiger partial charge in [0.15, 0.2) is 5.65 Å². The molecule has 4 aromatic rings. The van der Waals surface area contributed by atoms with Gasteiger partial charge in [-0.15, -0.1) is 0 Å². The largest absolute Gasteiger partial charge is 0.369 e. The lowest BCUT2D eigenvalue weighted by Crippen LogP contribution is -2.47. The second-order valence-corrected chi connectivity index (χ2v) is 8.89. The Hall–Kier alpha value is -3.56. The molecule has 0 spiro atoms. The van der Waals surface area contributed by atoms with Crippen molar-refractivity contribution in [2.75, 3.05) is 44.2 Å². The molecule has 8 nitrogen and oxygen atoms in total. The van der Waals surface area contributed by atoms with Crippen LogP contribution in [-0.4, -0.2) is 70.0 Å². The number of piperazine rings is 1. The van der Waals surface area contributed by atoms with Gasteiger partial charge in [-0.2, -0.15) is 0 Å². The fourth-order valence-corrected chi connectivity index (χ4v) is 4.43. The van der Waals surface area contributed by atoms with Crippen molar-refractivity contribution in [1.29, 1.82) is 0 Å². The number of hydrogen-bond acceptors (Lipinski definition) is 6. The predicted octanol–water partition coefficient (Wildman–Crippen LogP) is 3.75. The molecular formula is C25H25ClFN7O. The highest BCUT2D eigenvalue weighted by Gasteiger charge is 2.18. The first-order chi connectivity index (χ1) is 17.1. The second kappa shape index (κ2) is 10.4. The number of nitrogens with one attached hydrogen (secondary N) is 2. The van der Waals surface area contributed by atoms with Crippen LogP contribution in [-0.2, 0) is 0 Å². The van der Waals surface area contributed by atoms with Gasteiger partial charge in [0.1, 0.15) is 23.5 Å². The first-order valence-corrected chi connectivity index (χ1v) is 11.9. The Morgan fingerprint density at radius 2 is 2.00 bits per heavy atom. The number of amides is 1. The molecule has 2 N–H and O–H groups in total. The normalized spacial score (nSPS) is 14.4. The molecule has 35 heavy (non-hydrogen) atoms. The highest BCUT2D eigenvalue weighted by molar-refractivity contribution is 6.30. The molecule has 0 radical (unpaired) electrons. The number of nitrogens with zero attached hydrogens (tertiary/aromatic N) is 5. The lowest BCUT2D eigenvalue weighted by atomic mass is 10.1. The molecule has 1 aliphatic heterocycles. The van der Waals surface area contributed by atoms with Crippen LogP contribution in [0.1, 0.15) is 16.8 Å². The van der Waals surface area contributed by atoms with Crippen LogP contribution in [0.15, 0.2) is 55.0 Å². The molecule has 10 heteroatoms. The van der Waals surface area contributed by atoms with E-state index >= 15 is 0 Å². The number of anilines is 1. The van der Waals surface area contributed by atoms with Crippen molar-refractivity contribution >= 4 is 34.4 Å². The summed E-state index contributed by atoms with van der Waals surface area (Å²) in [5.74, 6) is -0.473. The third-order valence-electron chi connectivity index (χ3n) is 6.13. The zero-order chi connectivity index (χ0) is 24.2. The van der Waals surface area contributed by atoms with Crippen molar-refractivity contribution in [3.05, 3.63) is 71.4 Å². The van der Waals surface area contributed by atoms with Crippen LogP contribution in [0.4, 0.5) is 10.1 Å². The number of rotatable bonds is 7. The molecule has 0 saturated carbocycles. The van der Waals surface area contributed by atoms with E-state index in [0.717, 1.165) is 49.9 Å². The standard InChI is InChI=1S/C25H25ClFN7O/c26-18-3-1-4-19(14-18)34-11-9-33(10-12-34)8-2-7-29-25(35)17-5-6-20(21(27)13-17)23-31-22-15-28-16-30-24(22)32-23/h1,3-6,13-16H,2,7-12H2,(H,29,35)(H,28,30,31,32). The Morgan fingerprint density at radius 1 is 1.14 bits per heavy atom. The summed E-state index contributed by atoms with van der Waals surface area (Å²) in [6.07, 6.45) is 3.79. The topological polar surface area (TPSA) is 90.0 Å². The third kappa shape index (κ3) is 5.41. The van der Waals surface area contributed by atoms with Crippen LogP contribution in [0, 0.1) is 5.82 Å². The van der Waals surface area contributed by atoms with Crippen molar-refractivity contribution in [1.82, 2.24) is 30.2 Å². The van der Waals surface area contributed by atoms with Gasteiger partial charge in [0.2, 0.25) is 0 Å². The Bertz CT molecular complexity index is 1300. The average molecular weight is 494 g/mol. The quantitative estimate of drug-likeness (QED) is 0.381. The second-order valence-electron chi connectivity index (χ2n) is 8.46.